The van der Waals surface area contributed by atoms with Gasteiger partial charge in [-0.1, -0.05) is 30.3 Å². The molecule has 0 heterocycles. The summed E-state index contributed by atoms with van der Waals surface area (Å²) in [5.41, 5.74) is 6.10. The molecule has 0 bridgehead atoms. The molecule has 1 rings (SSSR count). The van der Waals surface area contributed by atoms with Crippen LogP contribution in [-0.4, -0.2) is 88.4 Å². The monoisotopic (exact) mass is 470 g/mol. The second-order valence-corrected chi connectivity index (χ2v) is 7.95. The van der Waals surface area contributed by atoms with Crippen molar-refractivity contribution in [2.45, 2.75) is 37.0 Å². The molecule has 4 atom stereocenters. The molecule has 12 heteroatoms. The number of hydrogen-bond acceptors (Lipinski definition) is 8. The maximum atomic E-state index is 12.8. The number of nitrogens with two attached hydrogens (primary N) is 1. The smallest absolute Gasteiger partial charge is 0.326 e. The summed E-state index contributed by atoms with van der Waals surface area (Å²) in [5.74, 6) is -3.12. The van der Waals surface area contributed by atoms with Gasteiger partial charge in [-0.2, -0.15) is 11.8 Å². The molecule has 4 unspecified atom stereocenters. The minimum atomic E-state index is -1.42. The van der Waals surface area contributed by atoms with E-state index in [-0.39, 0.29) is 12.8 Å². The number of rotatable bonds is 14. The van der Waals surface area contributed by atoms with E-state index in [1.807, 2.05) is 6.26 Å². The number of carboxylic acid groups (broad SMARTS) is 1. The zero-order valence-corrected chi connectivity index (χ0v) is 18.5. The van der Waals surface area contributed by atoms with Crippen molar-refractivity contribution in [1.82, 2.24) is 16.0 Å². The van der Waals surface area contributed by atoms with Crippen LogP contribution in [-0.2, 0) is 25.6 Å². The summed E-state index contributed by atoms with van der Waals surface area (Å²) in [7, 11) is 0. The van der Waals surface area contributed by atoms with Crippen LogP contribution in [0.3, 0.4) is 0 Å². The van der Waals surface area contributed by atoms with Gasteiger partial charge in [-0.25, -0.2) is 4.79 Å². The minimum Gasteiger partial charge on any atom is -0.480 e. The predicted molar refractivity (Wildman–Crippen MR) is 119 cm³/mol. The first kappa shape index (κ1) is 27.4. The Morgan fingerprint density at radius 3 is 2.00 bits per heavy atom. The van der Waals surface area contributed by atoms with E-state index >= 15 is 0 Å². The Labute approximate surface area is 190 Å². The zero-order chi connectivity index (χ0) is 24.1. The number of hydrogen-bond donors (Lipinski definition) is 7. The number of aliphatic carboxylic acids is 1. The van der Waals surface area contributed by atoms with Crippen LogP contribution in [0.15, 0.2) is 30.3 Å². The van der Waals surface area contributed by atoms with Gasteiger partial charge in [0.2, 0.25) is 17.7 Å². The average molecular weight is 471 g/mol. The fourth-order valence-electron chi connectivity index (χ4n) is 2.65. The van der Waals surface area contributed by atoms with Gasteiger partial charge in [-0.05, 0) is 24.0 Å². The molecular weight excluding hydrogens is 440 g/mol. The van der Waals surface area contributed by atoms with Crippen LogP contribution in [0.25, 0.3) is 0 Å². The van der Waals surface area contributed by atoms with Crippen molar-refractivity contribution < 1.29 is 34.5 Å². The third-order valence-corrected chi connectivity index (χ3v) is 5.13. The second kappa shape index (κ2) is 14.4. The first-order chi connectivity index (χ1) is 15.2. The highest BCUT2D eigenvalue weighted by Gasteiger charge is 2.30. The Hall–Kier alpha value is -2.67. The van der Waals surface area contributed by atoms with E-state index in [1.165, 1.54) is 11.8 Å². The summed E-state index contributed by atoms with van der Waals surface area (Å²) >= 11 is 1.43. The third-order valence-electron chi connectivity index (χ3n) is 4.49. The van der Waals surface area contributed by atoms with Gasteiger partial charge in [0.25, 0.3) is 0 Å². The molecule has 1 aromatic carbocycles. The molecule has 0 fully saturated rings. The first-order valence-electron chi connectivity index (χ1n) is 9.87. The molecule has 0 radical (unpaired) electrons. The number of carbonyl (C=O) groups excluding carboxylic acids is 3. The molecule has 1 aromatic rings. The fourth-order valence-corrected chi connectivity index (χ4v) is 3.12. The van der Waals surface area contributed by atoms with Crippen LogP contribution in [0.4, 0.5) is 0 Å². The number of benzene rings is 1. The van der Waals surface area contributed by atoms with E-state index in [4.69, 9.17) is 10.8 Å². The maximum Gasteiger partial charge on any atom is 0.326 e. The lowest BCUT2D eigenvalue weighted by molar-refractivity contribution is -0.142. The number of aliphatic hydroxyl groups excluding tert-OH is 2. The SMILES string of the molecule is CSCCC(NC(=O)C(Cc1ccccc1)NC(=O)C(CO)NC(=O)C(N)CO)C(=O)O. The Balaban J connectivity index is 2.99. The third kappa shape index (κ3) is 9.22. The molecule has 0 aliphatic carbocycles. The van der Waals surface area contributed by atoms with Gasteiger partial charge in [-0.15, -0.1) is 0 Å². The molecule has 0 saturated heterocycles. The van der Waals surface area contributed by atoms with Crippen molar-refractivity contribution >= 4 is 35.5 Å². The van der Waals surface area contributed by atoms with Gasteiger partial charge in [0.15, 0.2) is 0 Å². The van der Waals surface area contributed by atoms with Crippen molar-refractivity contribution in [3.63, 3.8) is 0 Å². The van der Waals surface area contributed by atoms with E-state index in [9.17, 15) is 29.4 Å². The molecule has 0 aliphatic rings. The zero-order valence-electron chi connectivity index (χ0n) is 17.7. The maximum absolute atomic E-state index is 12.8. The molecule has 0 aliphatic heterocycles. The van der Waals surface area contributed by atoms with Crippen LogP contribution in [0, 0.1) is 0 Å². The molecule has 0 aromatic heterocycles. The highest BCUT2D eigenvalue weighted by molar-refractivity contribution is 7.98. The highest BCUT2D eigenvalue weighted by Crippen LogP contribution is 2.06. The van der Waals surface area contributed by atoms with Crippen LogP contribution >= 0.6 is 11.8 Å². The molecule has 3 amide bonds. The number of carbonyl (C=O) groups is 4. The summed E-state index contributed by atoms with van der Waals surface area (Å²) < 4.78 is 0. The largest absolute Gasteiger partial charge is 0.480 e. The molecule has 178 valence electrons. The average Bonchev–Trinajstić information content (AvgIpc) is 2.79. The van der Waals surface area contributed by atoms with Crippen molar-refractivity contribution in [2.24, 2.45) is 5.73 Å². The topological polar surface area (TPSA) is 191 Å². The lowest BCUT2D eigenvalue weighted by Crippen LogP contribution is -2.58. The van der Waals surface area contributed by atoms with Crippen molar-refractivity contribution in [1.29, 1.82) is 0 Å². The summed E-state index contributed by atoms with van der Waals surface area (Å²) in [6.07, 6.45) is 2.06. The van der Waals surface area contributed by atoms with E-state index in [0.717, 1.165) is 0 Å². The second-order valence-electron chi connectivity index (χ2n) is 6.96. The van der Waals surface area contributed by atoms with Gasteiger partial charge in [0.05, 0.1) is 13.2 Å². The summed E-state index contributed by atoms with van der Waals surface area (Å²) in [6.45, 7) is -1.43. The van der Waals surface area contributed by atoms with Gasteiger partial charge in [0.1, 0.15) is 24.2 Å². The van der Waals surface area contributed by atoms with Gasteiger partial charge in [-0.3, -0.25) is 14.4 Å². The van der Waals surface area contributed by atoms with E-state index in [0.29, 0.717) is 11.3 Å². The van der Waals surface area contributed by atoms with Crippen molar-refractivity contribution in [3.05, 3.63) is 35.9 Å². The Bertz CT molecular complexity index is 766. The molecule has 0 spiro atoms. The Kier molecular flexibility index (Phi) is 12.3. The fraction of sp³-hybridized carbons (Fsp3) is 0.500. The Morgan fingerprint density at radius 1 is 0.906 bits per heavy atom. The summed E-state index contributed by atoms with van der Waals surface area (Å²) in [5, 5.41) is 34.9. The van der Waals surface area contributed by atoms with Crippen LogP contribution in [0.2, 0.25) is 0 Å². The van der Waals surface area contributed by atoms with E-state index in [2.05, 4.69) is 16.0 Å². The van der Waals surface area contributed by atoms with Crippen LogP contribution < -0.4 is 21.7 Å². The van der Waals surface area contributed by atoms with E-state index in [1.54, 1.807) is 30.3 Å². The minimum absolute atomic E-state index is 0.0511. The summed E-state index contributed by atoms with van der Waals surface area (Å²) in [6, 6.07) is 3.74. The Morgan fingerprint density at radius 2 is 1.47 bits per heavy atom. The first-order valence-corrected chi connectivity index (χ1v) is 11.3. The van der Waals surface area contributed by atoms with Crippen molar-refractivity contribution in [2.75, 3.05) is 25.2 Å². The lowest BCUT2D eigenvalue weighted by atomic mass is 10.0. The number of thioether (sulfide) groups is 1. The number of aliphatic hydroxyl groups is 2. The molecule has 0 saturated carbocycles. The normalized spacial score (nSPS) is 14.5. The molecule has 32 heavy (non-hydrogen) atoms. The van der Waals surface area contributed by atoms with Crippen molar-refractivity contribution in [3.8, 4) is 0 Å². The summed E-state index contributed by atoms with van der Waals surface area (Å²) in [4.78, 5) is 48.8. The van der Waals surface area contributed by atoms with Gasteiger partial charge < -0.3 is 37.0 Å². The lowest BCUT2D eigenvalue weighted by Gasteiger charge is -2.24. The van der Waals surface area contributed by atoms with Gasteiger partial charge >= 0.3 is 5.97 Å². The molecule has 8 N–H and O–H groups in total. The molecule has 11 nitrogen and oxygen atoms in total. The number of carboxylic acids is 1. The van der Waals surface area contributed by atoms with Crippen LogP contribution in [0.1, 0.15) is 12.0 Å². The van der Waals surface area contributed by atoms with Crippen LogP contribution in [0.5, 0.6) is 0 Å². The number of amides is 3. The highest BCUT2D eigenvalue weighted by atomic mass is 32.2. The molecular formula is C20H30N4O7S. The van der Waals surface area contributed by atoms with E-state index < -0.39 is 61.1 Å². The van der Waals surface area contributed by atoms with Gasteiger partial charge in [0, 0.05) is 6.42 Å². The number of nitrogens with one attached hydrogen (secondary N) is 3. The quantitative estimate of drug-likeness (QED) is 0.159. The predicted octanol–water partition coefficient (Wildman–Crippen LogP) is -2.17. The standard InChI is InChI=1S/C20H30N4O7S/c1-32-8-7-14(20(30)31)22-18(28)15(9-12-5-3-2-4-6-12)23-19(29)16(11-26)24-17(27)13(21)10-25/h2-6,13-16,25-26H,7-11,21H2,1H3,(H,22,28)(H,23,29)(H,24,27)(H,30,31).